The third-order valence-electron chi connectivity index (χ3n) is 1.49. The maximum atomic E-state index is 12.3. The van der Waals surface area contributed by atoms with Gasteiger partial charge in [-0.15, -0.1) is 0 Å². The molecule has 0 unspecified atom stereocenters. The minimum Gasteiger partial charge on any atom is -0.284 e. The molecule has 0 saturated heterocycles. The first-order chi connectivity index (χ1) is 6.23. The third-order valence-corrected chi connectivity index (χ3v) is 3.53. The van der Waals surface area contributed by atoms with Crippen LogP contribution in [0, 0.1) is 0 Å². The molecule has 1 aromatic carbocycles. The van der Waals surface area contributed by atoms with Gasteiger partial charge in [-0.05, 0) is 34.6 Å². The van der Waals surface area contributed by atoms with Crippen LogP contribution in [0.25, 0.3) is 0 Å². The SMILES string of the molecule is O=P(Cl)(Cl)c1ccccc1C(F)(F)F. The van der Waals surface area contributed by atoms with E-state index in [1.165, 1.54) is 12.1 Å². The van der Waals surface area contributed by atoms with Crippen LogP contribution in [-0.2, 0) is 10.7 Å². The van der Waals surface area contributed by atoms with E-state index in [0.29, 0.717) is 0 Å². The number of halogens is 5. The Morgan fingerprint density at radius 2 is 1.64 bits per heavy atom. The zero-order valence-corrected chi connectivity index (χ0v) is 8.96. The van der Waals surface area contributed by atoms with Gasteiger partial charge in [-0.1, -0.05) is 12.1 Å². The van der Waals surface area contributed by atoms with Gasteiger partial charge in [0.2, 0.25) is 0 Å². The number of benzene rings is 1. The molecule has 0 aliphatic carbocycles. The lowest BCUT2D eigenvalue weighted by Crippen LogP contribution is -2.16. The summed E-state index contributed by atoms with van der Waals surface area (Å²) in [5, 5.41) is -0.573. The molecule has 78 valence electrons. The van der Waals surface area contributed by atoms with Crippen molar-refractivity contribution in [2.45, 2.75) is 6.18 Å². The molecule has 0 aromatic heterocycles. The van der Waals surface area contributed by atoms with Gasteiger partial charge in [-0.2, -0.15) is 13.2 Å². The van der Waals surface area contributed by atoms with E-state index < -0.39 is 22.9 Å². The summed E-state index contributed by atoms with van der Waals surface area (Å²) in [5.41, 5.74) is -1.06. The largest absolute Gasteiger partial charge is 0.417 e. The molecule has 0 radical (unpaired) electrons. The molecule has 0 atom stereocenters. The molecule has 0 saturated carbocycles. The van der Waals surface area contributed by atoms with E-state index in [4.69, 9.17) is 22.5 Å². The van der Waals surface area contributed by atoms with Crippen LogP contribution in [0.1, 0.15) is 5.56 Å². The van der Waals surface area contributed by atoms with Crippen molar-refractivity contribution in [2.75, 3.05) is 0 Å². The third kappa shape index (κ3) is 2.66. The van der Waals surface area contributed by atoms with Gasteiger partial charge in [0.1, 0.15) is 0 Å². The molecule has 1 rings (SSSR count). The minimum absolute atomic E-state index is 0.573. The Morgan fingerprint density at radius 3 is 2.00 bits per heavy atom. The lowest BCUT2D eigenvalue weighted by Gasteiger charge is -2.12. The summed E-state index contributed by atoms with van der Waals surface area (Å²) in [5.74, 6) is -3.93. The summed E-state index contributed by atoms with van der Waals surface area (Å²) in [4.78, 5) is 0. The maximum absolute atomic E-state index is 12.3. The highest BCUT2D eigenvalue weighted by atomic mass is 35.9. The van der Waals surface area contributed by atoms with E-state index >= 15 is 0 Å². The molecule has 14 heavy (non-hydrogen) atoms. The van der Waals surface area contributed by atoms with Gasteiger partial charge in [-0.25, -0.2) is 0 Å². The molecule has 1 aromatic rings. The highest BCUT2D eigenvalue weighted by Gasteiger charge is 2.37. The fraction of sp³-hybridized carbons (Fsp3) is 0.143. The number of alkyl halides is 3. The molecule has 0 fully saturated rings. The zero-order valence-electron chi connectivity index (χ0n) is 6.55. The van der Waals surface area contributed by atoms with Gasteiger partial charge < -0.3 is 0 Å². The Labute approximate surface area is 87.8 Å². The highest BCUT2D eigenvalue weighted by molar-refractivity contribution is 8.13. The summed E-state index contributed by atoms with van der Waals surface area (Å²) in [6.07, 6.45) is -4.60. The van der Waals surface area contributed by atoms with Crippen LogP contribution < -0.4 is 5.30 Å². The molecule has 0 N–H and O–H groups in total. The van der Waals surface area contributed by atoms with Crippen molar-refractivity contribution in [3.05, 3.63) is 29.8 Å². The summed E-state index contributed by atoms with van der Waals surface area (Å²) in [6.45, 7) is 0. The Bertz CT molecular complexity index is 385. The van der Waals surface area contributed by atoms with Crippen LogP contribution in [0.3, 0.4) is 0 Å². The Morgan fingerprint density at radius 1 is 1.14 bits per heavy atom. The maximum Gasteiger partial charge on any atom is 0.417 e. The molecule has 0 aliphatic heterocycles. The molecule has 0 aliphatic rings. The number of hydrogen-bond donors (Lipinski definition) is 0. The second-order valence-corrected chi connectivity index (χ2v) is 7.26. The Kier molecular flexibility index (Phi) is 3.20. The first-order valence-corrected chi connectivity index (χ1v) is 6.91. The van der Waals surface area contributed by atoms with Crippen LogP contribution in [0.5, 0.6) is 0 Å². The van der Waals surface area contributed by atoms with Crippen LogP contribution in [0.2, 0.25) is 0 Å². The van der Waals surface area contributed by atoms with Crippen molar-refractivity contribution in [1.29, 1.82) is 0 Å². The van der Waals surface area contributed by atoms with E-state index in [0.717, 1.165) is 12.1 Å². The van der Waals surface area contributed by atoms with Gasteiger partial charge >= 0.3 is 6.18 Å². The minimum atomic E-state index is -4.60. The molecule has 0 heterocycles. The van der Waals surface area contributed by atoms with E-state index in [1.807, 2.05) is 0 Å². The predicted octanol–water partition coefficient (Wildman–Crippen LogP) is 4.00. The summed E-state index contributed by atoms with van der Waals surface area (Å²) >= 11 is 10.4. The van der Waals surface area contributed by atoms with Crippen LogP contribution in [0.4, 0.5) is 13.2 Å². The smallest absolute Gasteiger partial charge is 0.284 e. The molecular formula is C7H4Cl2F3OP. The standard InChI is InChI=1S/C7H4Cl2F3OP/c8-14(9,13)6-4-2-1-3-5(6)7(10,11)12/h1-4H. The molecular weight excluding hydrogens is 259 g/mol. The molecule has 7 heteroatoms. The van der Waals surface area contributed by atoms with E-state index in [1.54, 1.807) is 0 Å². The molecule has 0 amide bonds. The van der Waals surface area contributed by atoms with Crippen molar-refractivity contribution in [2.24, 2.45) is 0 Å². The van der Waals surface area contributed by atoms with Gasteiger partial charge in [0.15, 0.2) is 0 Å². The van der Waals surface area contributed by atoms with Gasteiger partial charge in [0, 0.05) is 0 Å². The zero-order chi connectivity index (χ0) is 11.0. The normalized spacial score (nSPS) is 12.9. The van der Waals surface area contributed by atoms with Crippen LogP contribution in [-0.4, -0.2) is 0 Å². The van der Waals surface area contributed by atoms with Crippen molar-refractivity contribution >= 4 is 33.6 Å². The summed E-state index contributed by atoms with van der Waals surface area (Å²) in [7, 11) is 0. The number of hydrogen-bond acceptors (Lipinski definition) is 1. The van der Waals surface area contributed by atoms with Crippen molar-refractivity contribution in [3.8, 4) is 0 Å². The van der Waals surface area contributed by atoms with Gasteiger partial charge in [0.05, 0.1) is 10.9 Å². The molecule has 0 bridgehead atoms. The Hall–Kier alpha value is -0.180. The Balaban J connectivity index is 3.39. The molecule has 1 nitrogen and oxygen atoms in total. The van der Waals surface area contributed by atoms with Crippen molar-refractivity contribution in [1.82, 2.24) is 0 Å². The molecule has 0 spiro atoms. The first kappa shape index (κ1) is 11.9. The number of rotatable bonds is 1. The summed E-state index contributed by atoms with van der Waals surface area (Å²) in [6, 6.07) is 4.26. The van der Waals surface area contributed by atoms with E-state index in [-0.39, 0.29) is 0 Å². The first-order valence-electron chi connectivity index (χ1n) is 3.39. The van der Waals surface area contributed by atoms with Crippen LogP contribution >= 0.6 is 28.3 Å². The predicted molar refractivity (Wildman–Crippen MR) is 50.4 cm³/mol. The van der Waals surface area contributed by atoms with Crippen molar-refractivity contribution < 1.29 is 17.7 Å². The van der Waals surface area contributed by atoms with E-state index in [9.17, 15) is 17.7 Å². The second kappa shape index (κ2) is 3.76. The average molecular weight is 263 g/mol. The van der Waals surface area contributed by atoms with Gasteiger partial charge in [-0.3, -0.25) is 4.57 Å². The second-order valence-electron chi connectivity index (χ2n) is 2.48. The lowest BCUT2D eigenvalue weighted by atomic mass is 10.2. The quantitative estimate of drug-likeness (QED) is 0.700. The average Bonchev–Trinajstić information content (AvgIpc) is 2.01. The lowest BCUT2D eigenvalue weighted by molar-refractivity contribution is -0.136. The monoisotopic (exact) mass is 262 g/mol. The fourth-order valence-electron chi connectivity index (χ4n) is 0.940. The van der Waals surface area contributed by atoms with Gasteiger partial charge in [0.25, 0.3) is 5.85 Å². The highest BCUT2D eigenvalue weighted by Crippen LogP contribution is 2.57. The summed E-state index contributed by atoms with van der Waals surface area (Å²) < 4.78 is 48.1. The van der Waals surface area contributed by atoms with Crippen molar-refractivity contribution in [3.63, 3.8) is 0 Å². The van der Waals surface area contributed by atoms with E-state index in [2.05, 4.69) is 0 Å². The topological polar surface area (TPSA) is 17.1 Å². The van der Waals surface area contributed by atoms with Crippen LogP contribution in [0.15, 0.2) is 24.3 Å². The fourth-order valence-corrected chi connectivity index (χ4v) is 2.57.